The highest BCUT2D eigenvalue weighted by atomic mass is 35.5. The van der Waals surface area contributed by atoms with Crippen LogP contribution in [-0.2, 0) is 18.4 Å². The molecule has 0 aliphatic heterocycles. The molecular formula is C25H23ClN6O3. The van der Waals surface area contributed by atoms with Crippen molar-refractivity contribution in [1.82, 2.24) is 14.5 Å². The molecule has 35 heavy (non-hydrogen) atoms. The van der Waals surface area contributed by atoms with E-state index in [0.29, 0.717) is 56.7 Å². The largest absolute Gasteiger partial charge is 0.492 e. The van der Waals surface area contributed by atoms with Crippen molar-refractivity contribution in [2.45, 2.75) is 20.5 Å². The van der Waals surface area contributed by atoms with Crippen LogP contribution in [0.4, 0.5) is 17.1 Å². The van der Waals surface area contributed by atoms with Gasteiger partial charge in [-0.05, 0) is 31.2 Å². The fraction of sp³-hybridized carbons (Fsp3) is 0.200. The number of imidazole rings is 1. The van der Waals surface area contributed by atoms with Crippen molar-refractivity contribution < 1.29 is 14.3 Å². The fourth-order valence-corrected chi connectivity index (χ4v) is 3.75. The van der Waals surface area contributed by atoms with Gasteiger partial charge in [0, 0.05) is 49.7 Å². The molecule has 178 valence electrons. The van der Waals surface area contributed by atoms with Crippen LogP contribution in [0, 0.1) is 11.3 Å². The van der Waals surface area contributed by atoms with Gasteiger partial charge >= 0.3 is 0 Å². The van der Waals surface area contributed by atoms with Gasteiger partial charge in [-0.1, -0.05) is 11.6 Å². The highest BCUT2D eigenvalue weighted by Crippen LogP contribution is 2.37. The zero-order valence-corrected chi connectivity index (χ0v) is 20.2. The van der Waals surface area contributed by atoms with Gasteiger partial charge in [-0.3, -0.25) is 9.78 Å². The van der Waals surface area contributed by atoms with E-state index < -0.39 is 0 Å². The molecule has 0 bridgehead atoms. The van der Waals surface area contributed by atoms with Crippen molar-refractivity contribution in [2.24, 2.45) is 7.05 Å². The molecule has 0 saturated carbocycles. The molecule has 4 rings (SSSR count). The number of aryl methyl sites for hydroxylation is 1. The van der Waals surface area contributed by atoms with Crippen LogP contribution in [0.15, 0.2) is 48.9 Å². The van der Waals surface area contributed by atoms with Gasteiger partial charge in [0.25, 0.3) is 0 Å². The number of nitrogens with zero attached hydrogens (tertiary/aromatic N) is 4. The summed E-state index contributed by atoms with van der Waals surface area (Å²) in [6.45, 7) is 3.97. The summed E-state index contributed by atoms with van der Waals surface area (Å²) in [6, 6.07) is 10.9. The summed E-state index contributed by atoms with van der Waals surface area (Å²) in [4.78, 5) is 20.4. The van der Waals surface area contributed by atoms with Crippen molar-refractivity contribution >= 4 is 45.5 Å². The smallest absolute Gasteiger partial charge is 0.221 e. The van der Waals surface area contributed by atoms with Crippen molar-refractivity contribution in [3.8, 4) is 17.6 Å². The van der Waals surface area contributed by atoms with Gasteiger partial charge in [-0.25, -0.2) is 4.98 Å². The summed E-state index contributed by atoms with van der Waals surface area (Å²) in [5, 5.41) is 16.8. The number of hydrogen-bond acceptors (Lipinski definition) is 7. The van der Waals surface area contributed by atoms with Crippen LogP contribution in [0.2, 0.25) is 5.02 Å². The predicted molar refractivity (Wildman–Crippen MR) is 134 cm³/mol. The van der Waals surface area contributed by atoms with Crippen molar-refractivity contribution in [3.05, 3.63) is 65.3 Å². The number of hydrogen-bond donors (Lipinski definition) is 2. The first-order chi connectivity index (χ1) is 16.9. The molecule has 2 aromatic carbocycles. The molecule has 2 N–H and O–H groups in total. The second kappa shape index (κ2) is 10.3. The maximum Gasteiger partial charge on any atom is 0.221 e. The van der Waals surface area contributed by atoms with Gasteiger partial charge in [-0.2, -0.15) is 5.26 Å². The summed E-state index contributed by atoms with van der Waals surface area (Å²) in [5.41, 5.74) is 2.61. The first-order valence-electron chi connectivity index (χ1n) is 10.8. The third-order valence-corrected chi connectivity index (χ3v) is 5.47. The topological polar surface area (TPSA) is 114 Å². The van der Waals surface area contributed by atoms with Crippen LogP contribution < -0.4 is 20.1 Å². The SMILES string of the molecule is CCOc1cc2ncc(C#N)c(Nc3ccc(OCc4nccn4C)c(Cl)c3)c2cc1NC(C)=O. The zero-order valence-electron chi connectivity index (χ0n) is 19.4. The van der Waals surface area contributed by atoms with E-state index in [4.69, 9.17) is 21.1 Å². The van der Waals surface area contributed by atoms with Crippen molar-refractivity contribution in [3.63, 3.8) is 0 Å². The molecule has 0 aliphatic carbocycles. The van der Waals surface area contributed by atoms with E-state index in [1.165, 1.54) is 13.1 Å². The average Bonchev–Trinajstić information content (AvgIpc) is 3.24. The predicted octanol–water partition coefficient (Wildman–Crippen LogP) is 5.17. The molecular weight excluding hydrogens is 468 g/mol. The lowest BCUT2D eigenvalue weighted by Gasteiger charge is -2.16. The number of rotatable bonds is 8. The lowest BCUT2D eigenvalue weighted by atomic mass is 10.1. The number of ether oxygens (including phenoxy) is 2. The van der Waals surface area contributed by atoms with Crippen molar-refractivity contribution in [1.29, 1.82) is 5.26 Å². The molecule has 2 heterocycles. The molecule has 0 radical (unpaired) electrons. The highest BCUT2D eigenvalue weighted by molar-refractivity contribution is 6.32. The Labute approximate surface area is 207 Å². The van der Waals surface area contributed by atoms with Crippen LogP contribution in [0.3, 0.4) is 0 Å². The summed E-state index contributed by atoms with van der Waals surface area (Å²) >= 11 is 6.47. The maximum atomic E-state index is 11.7. The van der Waals surface area contributed by atoms with Gasteiger partial charge in [0.05, 0.1) is 34.1 Å². The van der Waals surface area contributed by atoms with Crippen LogP contribution in [0.5, 0.6) is 11.5 Å². The Kier molecular flexibility index (Phi) is 7.03. The summed E-state index contributed by atoms with van der Waals surface area (Å²) in [7, 11) is 1.89. The Balaban J connectivity index is 1.68. The van der Waals surface area contributed by atoms with Gasteiger partial charge in [0.1, 0.15) is 30.0 Å². The number of aromatic nitrogens is 3. The number of nitrogens with one attached hydrogen (secondary N) is 2. The Morgan fingerprint density at radius 1 is 1.20 bits per heavy atom. The number of amides is 1. The molecule has 2 aromatic heterocycles. The molecule has 0 saturated heterocycles. The summed E-state index contributed by atoms with van der Waals surface area (Å²) in [6.07, 6.45) is 5.03. The van der Waals surface area contributed by atoms with Gasteiger partial charge in [0.15, 0.2) is 0 Å². The fourth-order valence-electron chi connectivity index (χ4n) is 3.52. The minimum Gasteiger partial charge on any atom is -0.492 e. The lowest BCUT2D eigenvalue weighted by molar-refractivity contribution is -0.114. The maximum absolute atomic E-state index is 11.7. The number of halogens is 1. The molecule has 4 aromatic rings. The van der Waals surface area contributed by atoms with E-state index in [9.17, 15) is 10.1 Å². The van der Waals surface area contributed by atoms with Gasteiger partial charge in [-0.15, -0.1) is 0 Å². The van der Waals surface area contributed by atoms with E-state index in [0.717, 1.165) is 5.82 Å². The molecule has 9 nitrogen and oxygen atoms in total. The van der Waals surface area contributed by atoms with E-state index >= 15 is 0 Å². The van der Waals surface area contributed by atoms with Crippen LogP contribution in [-0.4, -0.2) is 27.0 Å². The molecule has 0 fully saturated rings. The Bertz CT molecular complexity index is 1440. The lowest BCUT2D eigenvalue weighted by Crippen LogP contribution is -2.08. The normalized spacial score (nSPS) is 10.6. The van der Waals surface area contributed by atoms with Crippen LogP contribution in [0.1, 0.15) is 25.2 Å². The first kappa shape index (κ1) is 23.9. The quantitative estimate of drug-likeness (QED) is 0.350. The molecule has 0 unspecified atom stereocenters. The van der Waals surface area contributed by atoms with E-state index in [2.05, 4.69) is 26.7 Å². The zero-order chi connectivity index (χ0) is 24.9. The minimum atomic E-state index is -0.239. The number of benzene rings is 2. The van der Waals surface area contributed by atoms with Crippen LogP contribution in [0.25, 0.3) is 10.9 Å². The van der Waals surface area contributed by atoms with Gasteiger partial charge in [0.2, 0.25) is 5.91 Å². The highest BCUT2D eigenvalue weighted by Gasteiger charge is 2.15. The molecule has 0 aliphatic rings. The third kappa shape index (κ3) is 5.28. The number of carbonyl (C=O) groups excluding carboxylic acids is 1. The number of carbonyl (C=O) groups is 1. The Morgan fingerprint density at radius 3 is 2.69 bits per heavy atom. The monoisotopic (exact) mass is 490 g/mol. The van der Waals surface area contributed by atoms with Crippen LogP contribution >= 0.6 is 11.6 Å². The van der Waals surface area contributed by atoms with E-state index in [1.807, 2.05) is 24.7 Å². The standard InChI is InChI=1S/C25H23ClN6O3/c1-4-34-23-11-20-18(10-21(23)30-15(2)33)25(16(12-27)13-29-20)31-17-5-6-22(19(26)9-17)35-14-24-28-7-8-32(24)3/h5-11,13H,4,14H2,1-3H3,(H,29,31)(H,30,33). The molecule has 10 heteroatoms. The van der Waals surface area contributed by atoms with E-state index in [1.54, 1.807) is 36.5 Å². The summed E-state index contributed by atoms with van der Waals surface area (Å²) < 4.78 is 13.3. The number of nitriles is 1. The molecule has 0 spiro atoms. The third-order valence-electron chi connectivity index (χ3n) is 5.18. The second-order valence-electron chi connectivity index (χ2n) is 7.65. The Morgan fingerprint density at radius 2 is 2.03 bits per heavy atom. The number of pyridine rings is 1. The summed E-state index contributed by atoms with van der Waals surface area (Å²) in [5.74, 6) is 1.54. The first-order valence-corrected chi connectivity index (χ1v) is 11.2. The van der Waals surface area contributed by atoms with E-state index in [-0.39, 0.29) is 12.5 Å². The number of anilines is 3. The second-order valence-corrected chi connectivity index (χ2v) is 8.06. The molecule has 1 amide bonds. The number of fused-ring (bicyclic) bond motifs is 1. The van der Waals surface area contributed by atoms with Gasteiger partial charge < -0.3 is 24.7 Å². The Hall–Kier alpha value is -4.29. The average molecular weight is 491 g/mol. The minimum absolute atomic E-state index is 0.239. The molecule has 0 atom stereocenters. The van der Waals surface area contributed by atoms with Crippen molar-refractivity contribution in [2.75, 3.05) is 17.2 Å².